The second kappa shape index (κ2) is 21.7. The van der Waals surface area contributed by atoms with Crippen LogP contribution in [0.15, 0.2) is 72.8 Å². The maximum atomic E-state index is 13.6. The largest absolute Gasteiger partial charge is 0.496 e. The van der Waals surface area contributed by atoms with Crippen LogP contribution in [0.1, 0.15) is 146 Å². The van der Waals surface area contributed by atoms with Gasteiger partial charge >= 0.3 is 24.3 Å². The van der Waals surface area contributed by atoms with E-state index in [1.807, 2.05) is 0 Å². The fraction of sp³-hybridized carbons (Fsp3) is 0.480. The van der Waals surface area contributed by atoms with Crippen LogP contribution in [0.3, 0.4) is 0 Å². The summed E-state index contributed by atoms with van der Waals surface area (Å²) in [6.07, 6.45) is -3.26. The van der Waals surface area contributed by atoms with Crippen molar-refractivity contribution >= 4 is 11.9 Å². The third-order valence-electron chi connectivity index (χ3n) is 12.9. The van der Waals surface area contributed by atoms with E-state index in [-0.39, 0.29) is 72.1 Å². The summed E-state index contributed by atoms with van der Waals surface area (Å²) in [4.78, 5) is 21.6. The van der Waals surface area contributed by atoms with Gasteiger partial charge in [-0.1, -0.05) is 50.2 Å². The summed E-state index contributed by atoms with van der Waals surface area (Å²) in [5.41, 5.74) is 1.76. The van der Waals surface area contributed by atoms with Crippen LogP contribution in [0.2, 0.25) is 0 Å². The number of rotatable bonds is 16. The number of ether oxygens (including phenoxy) is 2. The van der Waals surface area contributed by atoms with Gasteiger partial charge in [-0.05, 0) is 157 Å². The van der Waals surface area contributed by atoms with Crippen LogP contribution in [0.4, 0.5) is 35.1 Å². The van der Waals surface area contributed by atoms with Crippen LogP contribution in [-0.4, -0.2) is 36.4 Å². The SMILES string of the molecule is COc1cc(F)ccc1[C@@H](C)C[C@@H]1CC[C@H](c2ccc(CCC(=O)O)c(C(F)(F)F)c2)C1.COc1cc(F)ccc1[C@@H](C)C[C@H]1CC[C@H](c2ccc(CCC(=O)O)c(C(F)(F)F)c2)C1. The van der Waals surface area contributed by atoms with Crippen molar-refractivity contribution in [1.82, 2.24) is 0 Å². The molecule has 2 aliphatic rings. The molecule has 0 unspecified atom stereocenters. The minimum atomic E-state index is -4.52. The number of benzene rings is 4. The number of carboxylic acids is 2. The Hall–Kier alpha value is -5.14. The number of hydrogen-bond acceptors (Lipinski definition) is 4. The summed E-state index contributed by atoms with van der Waals surface area (Å²) in [6, 6.07) is 17.7. The molecule has 4 aromatic rings. The van der Waals surface area contributed by atoms with Crippen LogP contribution in [0.25, 0.3) is 0 Å². The Balaban J connectivity index is 0.000000241. The molecule has 2 aliphatic carbocycles. The standard InChI is InChI=1S/2C25H28F4O3/c2*1-15(21-9-8-20(26)14-23(21)32-2)11-16-3-4-18(12-16)19-6-5-17(7-10-24(30)31)22(13-19)25(27,28)29/h2*5-6,8-9,13-16,18H,3-4,7,10-12H2,1-2H3,(H,30,31)/t15-,16+,18-;15-,16-,18-/m00/s1. The molecule has 2 fully saturated rings. The van der Waals surface area contributed by atoms with Crippen molar-refractivity contribution in [2.75, 3.05) is 14.2 Å². The lowest BCUT2D eigenvalue weighted by molar-refractivity contribution is -0.140. The highest BCUT2D eigenvalue weighted by Gasteiger charge is 2.37. The molecule has 6 nitrogen and oxygen atoms in total. The first-order valence-corrected chi connectivity index (χ1v) is 21.7. The molecule has 2 saturated carbocycles. The first kappa shape index (κ1) is 49.9. The maximum Gasteiger partial charge on any atom is 0.416 e. The highest BCUT2D eigenvalue weighted by Crippen LogP contribution is 2.47. The van der Waals surface area contributed by atoms with Gasteiger partial charge in [0.2, 0.25) is 0 Å². The molecular formula is C50H56F8O6. The summed E-state index contributed by atoms with van der Waals surface area (Å²) in [7, 11) is 3.02. The predicted octanol–water partition coefficient (Wildman–Crippen LogP) is 13.9. The molecule has 0 bridgehead atoms. The quantitative estimate of drug-likeness (QED) is 0.109. The van der Waals surface area contributed by atoms with E-state index in [0.717, 1.165) is 62.5 Å². The Morgan fingerprint density at radius 2 is 0.969 bits per heavy atom. The molecule has 6 atom stereocenters. The highest BCUT2D eigenvalue weighted by atomic mass is 19.4. The van der Waals surface area contributed by atoms with Crippen LogP contribution in [-0.2, 0) is 34.8 Å². The average molecular weight is 905 g/mol. The smallest absolute Gasteiger partial charge is 0.416 e. The number of methoxy groups -OCH3 is 2. The monoisotopic (exact) mass is 904 g/mol. The van der Waals surface area contributed by atoms with E-state index in [0.29, 0.717) is 34.5 Å². The molecule has 14 heteroatoms. The molecule has 2 N–H and O–H groups in total. The zero-order valence-electron chi connectivity index (χ0n) is 36.4. The van der Waals surface area contributed by atoms with Gasteiger partial charge in [-0.25, -0.2) is 8.78 Å². The number of alkyl halides is 6. The second-order valence-corrected chi connectivity index (χ2v) is 17.4. The molecule has 4 aromatic carbocycles. The Morgan fingerprint density at radius 1 is 0.594 bits per heavy atom. The van der Waals surface area contributed by atoms with Crippen molar-refractivity contribution in [2.24, 2.45) is 11.8 Å². The van der Waals surface area contributed by atoms with Gasteiger partial charge in [-0.3, -0.25) is 9.59 Å². The lowest BCUT2D eigenvalue weighted by Gasteiger charge is -2.20. The van der Waals surface area contributed by atoms with Gasteiger partial charge in [-0.15, -0.1) is 0 Å². The van der Waals surface area contributed by atoms with E-state index in [4.69, 9.17) is 19.7 Å². The number of aliphatic carboxylic acids is 2. The first-order chi connectivity index (χ1) is 30.2. The highest BCUT2D eigenvalue weighted by molar-refractivity contribution is 5.67. The van der Waals surface area contributed by atoms with E-state index in [1.54, 1.807) is 24.3 Å². The van der Waals surface area contributed by atoms with Gasteiger partial charge in [0.1, 0.15) is 23.1 Å². The van der Waals surface area contributed by atoms with Crippen molar-refractivity contribution < 1.29 is 64.4 Å². The summed E-state index contributed by atoms with van der Waals surface area (Å²) in [6.45, 7) is 4.12. The Bertz CT molecular complexity index is 2060. The van der Waals surface area contributed by atoms with E-state index in [9.17, 15) is 44.7 Å². The Morgan fingerprint density at radius 3 is 1.30 bits per heavy atom. The van der Waals surface area contributed by atoms with Crippen LogP contribution in [0, 0.1) is 23.5 Å². The van der Waals surface area contributed by atoms with Gasteiger partial charge in [-0.2, -0.15) is 26.3 Å². The molecule has 0 aromatic heterocycles. The zero-order chi connectivity index (χ0) is 46.9. The number of halogens is 8. The van der Waals surface area contributed by atoms with Crippen molar-refractivity contribution in [3.63, 3.8) is 0 Å². The molecule has 0 amide bonds. The van der Waals surface area contributed by atoms with Gasteiger partial charge in [0.05, 0.1) is 25.3 Å². The number of carboxylic acid groups (broad SMARTS) is 2. The minimum absolute atomic E-state index is 0.0234. The normalized spacial score (nSPS) is 19.7. The van der Waals surface area contributed by atoms with Crippen molar-refractivity contribution in [1.29, 1.82) is 0 Å². The van der Waals surface area contributed by atoms with Gasteiger partial charge in [0.15, 0.2) is 0 Å². The molecule has 0 aliphatic heterocycles. The molecule has 0 radical (unpaired) electrons. The Labute approximate surface area is 369 Å². The summed E-state index contributed by atoms with van der Waals surface area (Å²) >= 11 is 0. The van der Waals surface area contributed by atoms with Gasteiger partial charge < -0.3 is 19.7 Å². The van der Waals surface area contributed by atoms with E-state index >= 15 is 0 Å². The van der Waals surface area contributed by atoms with Crippen LogP contribution >= 0.6 is 0 Å². The Kier molecular flexibility index (Phi) is 16.9. The fourth-order valence-electron chi connectivity index (χ4n) is 9.76. The summed E-state index contributed by atoms with van der Waals surface area (Å²) in [5, 5.41) is 17.6. The van der Waals surface area contributed by atoms with Crippen molar-refractivity contribution in [3.8, 4) is 11.5 Å². The first-order valence-electron chi connectivity index (χ1n) is 21.7. The average Bonchev–Trinajstić information content (AvgIpc) is 3.91. The minimum Gasteiger partial charge on any atom is -0.496 e. The fourth-order valence-corrected chi connectivity index (χ4v) is 9.76. The number of carbonyl (C=O) groups is 2. The topological polar surface area (TPSA) is 93.1 Å². The molecule has 348 valence electrons. The molecule has 0 saturated heterocycles. The third kappa shape index (κ3) is 13.4. The van der Waals surface area contributed by atoms with Gasteiger partial charge in [0.25, 0.3) is 0 Å². The van der Waals surface area contributed by atoms with E-state index < -0.39 is 35.4 Å². The molecule has 64 heavy (non-hydrogen) atoms. The molecule has 0 heterocycles. The third-order valence-corrected chi connectivity index (χ3v) is 12.9. The number of hydrogen-bond donors (Lipinski definition) is 2. The van der Waals surface area contributed by atoms with Crippen LogP contribution in [0.5, 0.6) is 11.5 Å². The predicted molar refractivity (Wildman–Crippen MR) is 227 cm³/mol. The van der Waals surface area contributed by atoms with E-state index in [1.165, 1.54) is 62.8 Å². The molecule has 0 spiro atoms. The summed E-state index contributed by atoms with van der Waals surface area (Å²) < 4.78 is 119. The maximum absolute atomic E-state index is 13.6. The van der Waals surface area contributed by atoms with E-state index in [2.05, 4.69) is 13.8 Å². The second-order valence-electron chi connectivity index (χ2n) is 17.4. The molecule has 6 rings (SSSR count). The summed E-state index contributed by atoms with van der Waals surface area (Å²) in [5.74, 6) is -0.864. The zero-order valence-corrected chi connectivity index (χ0v) is 36.4. The number of aryl methyl sites for hydroxylation is 2. The van der Waals surface area contributed by atoms with Gasteiger partial charge in [0, 0.05) is 25.0 Å². The molecular weight excluding hydrogens is 849 g/mol. The van der Waals surface area contributed by atoms with Crippen molar-refractivity contribution in [2.45, 2.75) is 127 Å². The van der Waals surface area contributed by atoms with Crippen molar-refractivity contribution in [3.05, 3.63) is 129 Å². The van der Waals surface area contributed by atoms with Crippen LogP contribution < -0.4 is 9.47 Å². The lowest BCUT2D eigenvalue weighted by Crippen LogP contribution is -2.12. The lowest BCUT2D eigenvalue weighted by atomic mass is 9.87.